The first kappa shape index (κ1) is 18.3. The van der Waals surface area contributed by atoms with Gasteiger partial charge in [-0.25, -0.2) is 9.97 Å². The van der Waals surface area contributed by atoms with Gasteiger partial charge in [0.25, 0.3) is 5.91 Å². The minimum absolute atomic E-state index is 0.0388. The zero-order valence-corrected chi connectivity index (χ0v) is 16.5. The molecule has 1 aromatic carbocycles. The van der Waals surface area contributed by atoms with Gasteiger partial charge in [-0.2, -0.15) is 0 Å². The molecule has 1 N–H and O–H groups in total. The highest BCUT2D eigenvalue weighted by atomic mass is 16.5. The van der Waals surface area contributed by atoms with Crippen molar-refractivity contribution >= 4 is 16.9 Å². The van der Waals surface area contributed by atoms with Crippen LogP contribution in [0, 0.1) is 19.8 Å². The summed E-state index contributed by atoms with van der Waals surface area (Å²) in [6, 6.07) is 6.13. The number of nitrogens with one attached hydrogen (secondary N) is 1. The molecule has 3 heterocycles. The van der Waals surface area contributed by atoms with Gasteiger partial charge in [0.2, 0.25) is 0 Å². The monoisotopic (exact) mass is 368 g/mol. The minimum Gasteiger partial charge on any atom is -0.375 e. The van der Waals surface area contributed by atoms with Crippen molar-refractivity contribution in [2.24, 2.45) is 5.92 Å². The summed E-state index contributed by atoms with van der Waals surface area (Å²) in [6.45, 7) is 10.9. The number of benzene rings is 1. The first-order valence-corrected chi connectivity index (χ1v) is 9.82. The molecular weight excluding hydrogens is 340 g/mol. The predicted octanol–water partition coefficient (Wildman–Crippen LogP) is 2.47. The maximum Gasteiger partial charge on any atom is 0.251 e. The summed E-state index contributed by atoms with van der Waals surface area (Å²) in [6.07, 6.45) is 1.24. The van der Waals surface area contributed by atoms with E-state index in [1.165, 1.54) is 0 Å². The first-order valence-electron chi connectivity index (χ1n) is 9.82. The summed E-state index contributed by atoms with van der Waals surface area (Å²) < 4.78 is 5.99. The molecule has 6 nitrogen and oxygen atoms in total. The Morgan fingerprint density at radius 3 is 2.67 bits per heavy atom. The maximum absolute atomic E-state index is 12.8. The number of aryl methyl sites for hydroxylation is 2. The Morgan fingerprint density at radius 1 is 1.19 bits per heavy atom. The van der Waals surface area contributed by atoms with Gasteiger partial charge >= 0.3 is 0 Å². The van der Waals surface area contributed by atoms with Crippen molar-refractivity contribution in [1.29, 1.82) is 0 Å². The lowest BCUT2D eigenvalue weighted by Crippen LogP contribution is -2.48. The third-order valence-corrected chi connectivity index (χ3v) is 5.86. The second-order valence-electron chi connectivity index (χ2n) is 8.23. The van der Waals surface area contributed by atoms with Gasteiger partial charge in [0.05, 0.1) is 35.1 Å². The topological polar surface area (TPSA) is 67.3 Å². The van der Waals surface area contributed by atoms with Crippen LogP contribution in [-0.4, -0.2) is 58.7 Å². The lowest BCUT2D eigenvalue weighted by molar-refractivity contribution is -0.0683. The number of aromatic nitrogens is 2. The van der Waals surface area contributed by atoms with E-state index < -0.39 is 0 Å². The number of amides is 1. The molecule has 2 aromatic rings. The number of carbonyl (C=O) groups excluding carboxylic acids is 1. The van der Waals surface area contributed by atoms with Crippen LogP contribution in [0.25, 0.3) is 11.0 Å². The molecule has 2 fully saturated rings. The number of hydrogen-bond acceptors (Lipinski definition) is 5. The van der Waals surface area contributed by atoms with Crippen LogP contribution in [-0.2, 0) is 4.74 Å². The third kappa shape index (κ3) is 3.69. The average Bonchev–Trinajstić information content (AvgIpc) is 3.03. The van der Waals surface area contributed by atoms with Gasteiger partial charge in [-0.15, -0.1) is 0 Å². The second-order valence-corrected chi connectivity index (χ2v) is 8.23. The van der Waals surface area contributed by atoms with E-state index in [0.717, 1.165) is 48.5 Å². The lowest BCUT2D eigenvalue weighted by atomic mass is 10.0. The van der Waals surface area contributed by atoms with Crippen LogP contribution in [0.3, 0.4) is 0 Å². The maximum atomic E-state index is 12.8. The Balaban J connectivity index is 1.44. The minimum atomic E-state index is -0.0388. The molecule has 4 rings (SSSR count). The van der Waals surface area contributed by atoms with Crippen LogP contribution in [0.1, 0.15) is 42.0 Å². The number of carbonyl (C=O) groups is 1. The van der Waals surface area contributed by atoms with Crippen molar-refractivity contribution in [3.05, 3.63) is 35.2 Å². The zero-order chi connectivity index (χ0) is 19.1. The van der Waals surface area contributed by atoms with Crippen molar-refractivity contribution in [3.63, 3.8) is 0 Å². The second kappa shape index (κ2) is 7.17. The molecule has 0 spiro atoms. The number of fused-ring (bicyclic) bond motifs is 2. The van der Waals surface area contributed by atoms with Crippen molar-refractivity contribution in [1.82, 2.24) is 20.2 Å². The van der Waals surface area contributed by atoms with E-state index in [1.54, 1.807) is 0 Å². The summed E-state index contributed by atoms with van der Waals surface area (Å²) >= 11 is 0. The normalized spacial score (nSPS) is 25.7. The molecule has 6 heteroatoms. The van der Waals surface area contributed by atoms with E-state index >= 15 is 0 Å². The highest BCUT2D eigenvalue weighted by Crippen LogP contribution is 2.26. The summed E-state index contributed by atoms with van der Waals surface area (Å²) in [4.78, 5) is 24.3. The quantitative estimate of drug-likeness (QED) is 0.901. The smallest absolute Gasteiger partial charge is 0.251 e. The first-order chi connectivity index (χ1) is 12.9. The van der Waals surface area contributed by atoms with Crippen molar-refractivity contribution in [3.8, 4) is 0 Å². The third-order valence-electron chi connectivity index (χ3n) is 5.86. The van der Waals surface area contributed by atoms with Crippen LogP contribution in [0.4, 0.5) is 0 Å². The molecule has 2 aliphatic heterocycles. The Morgan fingerprint density at radius 2 is 1.93 bits per heavy atom. The van der Waals surface area contributed by atoms with Crippen LogP contribution in [0.5, 0.6) is 0 Å². The van der Waals surface area contributed by atoms with Gasteiger partial charge in [-0.1, -0.05) is 13.8 Å². The molecule has 3 atom stereocenters. The molecule has 144 valence electrons. The Hall–Kier alpha value is -2.05. The van der Waals surface area contributed by atoms with Crippen LogP contribution in [0.2, 0.25) is 0 Å². The summed E-state index contributed by atoms with van der Waals surface area (Å²) in [7, 11) is 0. The molecule has 0 radical (unpaired) electrons. The summed E-state index contributed by atoms with van der Waals surface area (Å²) in [5.74, 6) is 0.480. The molecule has 27 heavy (non-hydrogen) atoms. The standard InChI is InChI=1S/C21H28N4O2/c1-12(2)20-10-25-9-16(8-17(25)11-27-20)24-21(26)15-5-6-18-19(7-15)23-14(4)13(3)22-18/h5-7,12,16-17,20H,8-11H2,1-4H3,(H,24,26)/t16-,17-,20-/m0/s1. The van der Waals surface area contributed by atoms with Gasteiger partial charge in [-0.3, -0.25) is 9.69 Å². The van der Waals surface area contributed by atoms with E-state index in [-0.39, 0.29) is 11.9 Å². The zero-order valence-electron chi connectivity index (χ0n) is 16.5. The molecule has 2 saturated heterocycles. The van der Waals surface area contributed by atoms with Crippen LogP contribution < -0.4 is 5.32 Å². The fourth-order valence-corrected chi connectivity index (χ4v) is 4.05. The Bertz CT molecular complexity index is 867. The molecule has 0 unspecified atom stereocenters. The van der Waals surface area contributed by atoms with E-state index in [9.17, 15) is 4.79 Å². The van der Waals surface area contributed by atoms with E-state index in [0.29, 0.717) is 23.6 Å². The SMILES string of the molecule is Cc1nc2ccc(C(=O)N[C@H]3C[C@H]4CO[C@H](C(C)C)CN4C3)cc2nc1C. The van der Waals surface area contributed by atoms with E-state index in [2.05, 4.69) is 34.0 Å². The molecule has 1 aromatic heterocycles. The summed E-state index contributed by atoms with van der Waals surface area (Å²) in [5.41, 5.74) is 4.05. The molecule has 1 amide bonds. The lowest BCUT2D eigenvalue weighted by Gasteiger charge is -2.36. The van der Waals surface area contributed by atoms with Gasteiger partial charge in [-0.05, 0) is 44.4 Å². The van der Waals surface area contributed by atoms with Crippen molar-refractivity contribution < 1.29 is 9.53 Å². The van der Waals surface area contributed by atoms with Gasteiger partial charge in [0.1, 0.15) is 0 Å². The van der Waals surface area contributed by atoms with Gasteiger partial charge in [0, 0.05) is 30.7 Å². The van der Waals surface area contributed by atoms with E-state index in [1.807, 2.05) is 32.0 Å². The van der Waals surface area contributed by atoms with E-state index in [4.69, 9.17) is 4.74 Å². The highest BCUT2D eigenvalue weighted by Gasteiger charge is 2.38. The number of rotatable bonds is 3. The highest BCUT2D eigenvalue weighted by molar-refractivity contribution is 5.97. The van der Waals surface area contributed by atoms with Crippen LogP contribution in [0.15, 0.2) is 18.2 Å². The number of nitrogens with zero attached hydrogens (tertiary/aromatic N) is 3. The Labute approximate surface area is 160 Å². The average molecular weight is 368 g/mol. The number of ether oxygens (including phenoxy) is 1. The molecular formula is C21H28N4O2. The predicted molar refractivity (Wildman–Crippen MR) is 105 cm³/mol. The molecule has 2 aliphatic rings. The van der Waals surface area contributed by atoms with Crippen LogP contribution >= 0.6 is 0 Å². The van der Waals surface area contributed by atoms with Crippen molar-refractivity contribution in [2.75, 3.05) is 19.7 Å². The Kier molecular flexibility index (Phi) is 4.86. The van der Waals surface area contributed by atoms with Gasteiger partial charge < -0.3 is 10.1 Å². The largest absolute Gasteiger partial charge is 0.375 e. The fraction of sp³-hybridized carbons (Fsp3) is 0.571. The van der Waals surface area contributed by atoms with Gasteiger partial charge in [0.15, 0.2) is 0 Å². The molecule has 0 aliphatic carbocycles. The summed E-state index contributed by atoms with van der Waals surface area (Å²) in [5, 5.41) is 3.20. The number of hydrogen-bond donors (Lipinski definition) is 1. The molecule has 0 saturated carbocycles. The number of morpholine rings is 1. The van der Waals surface area contributed by atoms with Crippen molar-refractivity contribution in [2.45, 2.75) is 52.3 Å². The fourth-order valence-electron chi connectivity index (χ4n) is 4.05. The molecule has 0 bridgehead atoms.